The van der Waals surface area contributed by atoms with Gasteiger partial charge in [-0.3, -0.25) is 9.58 Å². The Labute approximate surface area is 103 Å². The van der Waals surface area contributed by atoms with Crippen LogP contribution in [0.15, 0.2) is 24.0 Å². The maximum atomic E-state index is 6.14. The molecule has 2 rings (SSSR count). The number of aromatic nitrogens is 2. The SMILES string of the molecule is CC1=CCN(C(c2cnn(C)c2)C(C)N)CC1. The van der Waals surface area contributed by atoms with Crippen molar-refractivity contribution in [2.75, 3.05) is 13.1 Å². The Hall–Kier alpha value is -1.13. The second-order valence-corrected chi connectivity index (χ2v) is 5.05. The van der Waals surface area contributed by atoms with Gasteiger partial charge in [-0.15, -0.1) is 0 Å². The molecule has 1 aromatic rings. The molecule has 2 heterocycles. The van der Waals surface area contributed by atoms with E-state index in [-0.39, 0.29) is 12.1 Å². The number of hydrogen-bond donors (Lipinski definition) is 1. The van der Waals surface area contributed by atoms with Gasteiger partial charge in [0.2, 0.25) is 0 Å². The lowest BCUT2D eigenvalue weighted by molar-refractivity contribution is 0.190. The second kappa shape index (κ2) is 5.02. The van der Waals surface area contributed by atoms with E-state index in [0.717, 1.165) is 19.5 Å². The van der Waals surface area contributed by atoms with E-state index in [2.05, 4.69) is 36.1 Å². The molecule has 0 spiro atoms. The van der Waals surface area contributed by atoms with Gasteiger partial charge >= 0.3 is 0 Å². The average Bonchev–Trinajstić information content (AvgIpc) is 2.68. The first-order valence-electron chi connectivity index (χ1n) is 6.21. The molecule has 4 nitrogen and oxygen atoms in total. The monoisotopic (exact) mass is 234 g/mol. The summed E-state index contributed by atoms with van der Waals surface area (Å²) in [7, 11) is 1.95. The van der Waals surface area contributed by atoms with Crippen LogP contribution in [0.2, 0.25) is 0 Å². The van der Waals surface area contributed by atoms with E-state index in [1.807, 2.05) is 17.9 Å². The van der Waals surface area contributed by atoms with Crippen LogP contribution in [0.25, 0.3) is 0 Å². The Morgan fingerprint density at radius 2 is 2.24 bits per heavy atom. The third kappa shape index (κ3) is 2.76. The highest BCUT2D eigenvalue weighted by Crippen LogP contribution is 2.26. The third-order valence-electron chi connectivity index (χ3n) is 3.43. The molecule has 0 fully saturated rings. The van der Waals surface area contributed by atoms with Gasteiger partial charge in [0.1, 0.15) is 0 Å². The zero-order valence-corrected chi connectivity index (χ0v) is 10.9. The van der Waals surface area contributed by atoms with E-state index in [1.165, 1.54) is 11.1 Å². The Kier molecular flexibility index (Phi) is 3.64. The van der Waals surface area contributed by atoms with Crippen molar-refractivity contribution in [1.29, 1.82) is 0 Å². The molecule has 2 unspecified atom stereocenters. The normalized spacial score (nSPS) is 21.1. The molecule has 0 amide bonds. The van der Waals surface area contributed by atoms with E-state index in [1.54, 1.807) is 0 Å². The fraction of sp³-hybridized carbons (Fsp3) is 0.615. The molecule has 94 valence electrons. The molecular weight excluding hydrogens is 212 g/mol. The predicted octanol–water partition coefficient (Wildman–Crippen LogP) is 1.46. The first kappa shape index (κ1) is 12.3. The second-order valence-electron chi connectivity index (χ2n) is 5.05. The van der Waals surface area contributed by atoms with Gasteiger partial charge in [0.25, 0.3) is 0 Å². The van der Waals surface area contributed by atoms with Crippen LogP contribution < -0.4 is 5.73 Å². The number of rotatable bonds is 3. The summed E-state index contributed by atoms with van der Waals surface area (Å²) >= 11 is 0. The molecule has 0 aromatic carbocycles. The highest BCUT2D eigenvalue weighted by atomic mass is 15.3. The summed E-state index contributed by atoms with van der Waals surface area (Å²) in [5.74, 6) is 0. The van der Waals surface area contributed by atoms with Crippen molar-refractivity contribution in [3.05, 3.63) is 29.6 Å². The summed E-state index contributed by atoms with van der Waals surface area (Å²) in [6.07, 6.45) is 7.44. The van der Waals surface area contributed by atoms with E-state index in [0.29, 0.717) is 0 Å². The van der Waals surface area contributed by atoms with E-state index in [4.69, 9.17) is 5.73 Å². The van der Waals surface area contributed by atoms with Crippen LogP contribution in [0.3, 0.4) is 0 Å². The topological polar surface area (TPSA) is 47.1 Å². The molecule has 0 aliphatic carbocycles. The van der Waals surface area contributed by atoms with Crippen LogP contribution in [-0.2, 0) is 7.05 Å². The van der Waals surface area contributed by atoms with Crippen molar-refractivity contribution >= 4 is 0 Å². The molecule has 1 aliphatic heterocycles. The molecule has 0 bridgehead atoms. The zero-order chi connectivity index (χ0) is 12.4. The van der Waals surface area contributed by atoms with Gasteiger partial charge in [0.05, 0.1) is 12.2 Å². The van der Waals surface area contributed by atoms with Gasteiger partial charge in [-0.1, -0.05) is 11.6 Å². The lowest BCUT2D eigenvalue weighted by atomic mass is 9.99. The largest absolute Gasteiger partial charge is 0.326 e. The fourth-order valence-electron chi connectivity index (χ4n) is 2.48. The van der Waals surface area contributed by atoms with Crippen LogP contribution in [0.4, 0.5) is 0 Å². The van der Waals surface area contributed by atoms with Gasteiger partial charge in [0.15, 0.2) is 0 Å². The number of nitrogens with two attached hydrogens (primary N) is 1. The number of aryl methyl sites for hydroxylation is 1. The van der Waals surface area contributed by atoms with Crippen LogP contribution in [0.5, 0.6) is 0 Å². The molecule has 1 aromatic heterocycles. The molecule has 17 heavy (non-hydrogen) atoms. The molecule has 0 saturated carbocycles. The van der Waals surface area contributed by atoms with Crippen molar-refractivity contribution in [3.63, 3.8) is 0 Å². The van der Waals surface area contributed by atoms with Crippen LogP contribution in [0.1, 0.15) is 31.9 Å². The minimum Gasteiger partial charge on any atom is -0.326 e. The molecule has 2 N–H and O–H groups in total. The molecular formula is C13H22N4. The Morgan fingerprint density at radius 1 is 1.47 bits per heavy atom. The molecule has 2 atom stereocenters. The van der Waals surface area contributed by atoms with Gasteiger partial charge in [-0.2, -0.15) is 5.10 Å². The molecule has 0 saturated heterocycles. The number of nitrogens with zero attached hydrogens (tertiary/aromatic N) is 3. The van der Waals surface area contributed by atoms with E-state index < -0.39 is 0 Å². The molecule has 1 aliphatic rings. The third-order valence-corrected chi connectivity index (χ3v) is 3.43. The maximum Gasteiger partial charge on any atom is 0.0538 e. The van der Waals surface area contributed by atoms with Crippen molar-refractivity contribution < 1.29 is 0 Å². The van der Waals surface area contributed by atoms with E-state index in [9.17, 15) is 0 Å². The van der Waals surface area contributed by atoms with Crippen LogP contribution in [0, 0.1) is 0 Å². The van der Waals surface area contributed by atoms with Crippen LogP contribution >= 0.6 is 0 Å². The number of hydrogen-bond acceptors (Lipinski definition) is 3. The van der Waals surface area contributed by atoms with Crippen molar-refractivity contribution in [2.45, 2.75) is 32.4 Å². The minimum atomic E-state index is 0.117. The highest BCUT2D eigenvalue weighted by molar-refractivity contribution is 5.15. The summed E-state index contributed by atoms with van der Waals surface area (Å²) in [5.41, 5.74) is 8.84. The first-order chi connectivity index (χ1) is 8.08. The lowest BCUT2D eigenvalue weighted by Gasteiger charge is -2.35. The summed E-state index contributed by atoms with van der Waals surface area (Å²) in [5, 5.41) is 4.25. The van der Waals surface area contributed by atoms with Crippen LogP contribution in [-0.4, -0.2) is 33.8 Å². The van der Waals surface area contributed by atoms with Gasteiger partial charge in [-0.25, -0.2) is 0 Å². The summed E-state index contributed by atoms with van der Waals surface area (Å²) < 4.78 is 1.84. The van der Waals surface area contributed by atoms with Gasteiger partial charge in [0, 0.05) is 37.9 Å². The van der Waals surface area contributed by atoms with Crippen molar-refractivity contribution in [3.8, 4) is 0 Å². The standard InChI is InChI=1S/C13H22N4/c1-10-4-6-17(7-5-10)13(11(2)14)12-8-15-16(3)9-12/h4,8-9,11,13H,5-7,14H2,1-3H3. The van der Waals surface area contributed by atoms with Crippen molar-refractivity contribution in [2.24, 2.45) is 12.8 Å². The summed E-state index contributed by atoms with van der Waals surface area (Å²) in [6.45, 7) is 6.35. The smallest absolute Gasteiger partial charge is 0.0538 e. The van der Waals surface area contributed by atoms with Gasteiger partial charge in [-0.05, 0) is 20.3 Å². The average molecular weight is 234 g/mol. The summed E-state index contributed by atoms with van der Waals surface area (Å²) in [6, 6.07) is 0.388. The first-order valence-corrected chi connectivity index (χ1v) is 6.21. The Morgan fingerprint density at radius 3 is 2.71 bits per heavy atom. The Balaban J connectivity index is 2.18. The lowest BCUT2D eigenvalue weighted by Crippen LogP contribution is -2.41. The molecule has 4 heteroatoms. The Bertz CT molecular complexity index is 405. The minimum absolute atomic E-state index is 0.117. The molecule has 0 radical (unpaired) electrons. The highest BCUT2D eigenvalue weighted by Gasteiger charge is 2.25. The quantitative estimate of drug-likeness (QED) is 0.805. The maximum absolute atomic E-state index is 6.14. The van der Waals surface area contributed by atoms with E-state index >= 15 is 0 Å². The predicted molar refractivity (Wildman–Crippen MR) is 69.5 cm³/mol. The zero-order valence-electron chi connectivity index (χ0n) is 10.9. The van der Waals surface area contributed by atoms with Gasteiger partial charge < -0.3 is 5.73 Å². The summed E-state index contributed by atoms with van der Waals surface area (Å²) in [4.78, 5) is 2.44. The fourth-order valence-corrected chi connectivity index (χ4v) is 2.48. The van der Waals surface area contributed by atoms with Crippen molar-refractivity contribution in [1.82, 2.24) is 14.7 Å².